The Morgan fingerprint density at radius 2 is 2.50 bits per heavy atom. The van der Waals surface area contributed by atoms with Crippen LogP contribution in [-0.4, -0.2) is 57.5 Å². The van der Waals surface area contributed by atoms with Crippen LogP contribution in [0.5, 0.6) is 0 Å². The van der Waals surface area contributed by atoms with Crippen LogP contribution in [0.3, 0.4) is 0 Å². The van der Waals surface area contributed by atoms with Gasteiger partial charge in [0.2, 0.25) is 0 Å². The van der Waals surface area contributed by atoms with Crippen molar-refractivity contribution in [1.29, 1.82) is 0 Å². The van der Waals surface area contributed by atoms with Crippen molar-refractivity contribution >= 4 is 52.3 Å². The molecular weight excluding hydrogens is 161 g/mol. The van der Waals surface area contributed by atoms with E-state index in [2.05, 4.69) is 4.99 Å². The van der Waals surface area contributed by atoms with E-state index in [4.69, 9.17) is 5.11 Å². The molecule has 1 heterocycles. The Balaban J connectivity index is 0.000000810. The Morgan fingerprint density at radius 1 is 1.90 bits per heavy atom. The Kier molecular flexibility index (Phi) is 4.60. The minimum Gasteiger partial charge on any atom is -0.480 e. The fourth-order valence-corrected chi connectivity index (χ4v) is 1.44. The van der Waals surface area contributed by atoms with Gasteiger partial charge in [-0.1, -0.05) is 0 Å². The molecule has 1 rings (SSSR count). The number of thioether (sulfide) groups is 1. The van der Waals surface area contributed by atoms with Crippen LogP contribution in [-0.2, 0) is 4.79 Å². The van der Waals surface area contributed by atoms with Crippen LogP contribution < -0.4 is 0 Å². The van der Waals surface area contributed by atoms with Crippen LogP contribution in [0, 0.1) is 0 Å². The summed E-state index contributed by atoms with van der Waals surface area (Å²) in [5.41, 5.74) is 0. The van der Waals surface area contributed by atoms with Crippen molar-refractivity contribution < 1.29 is 9.90 Å². The van der Waals surface area contributed by atoms with Gasteiger partial charge in [0, 0.05) is 35.3 Å². The van der Waals surface area contributed by atoms with Crippen molar-refractivity contribution in [2.75, 3.05) is 5.75 Å². The Bertz CT molecular complexity index is 171. The minimum absolute atomic E-state index is 0. The maximum absolute atomic E-state index is 10.2. The van der Waals surface area contributed by atoms with Crippen molar-refractivity contribution in [3.63, 3.8) is 0 Å². The van der Waals surface area contributed by atoms with Crippen LogP contribution in [0.4, 0.5) is 0 Å². The quantitative estimate of drug-likeness (QED) is 0.570. The number of aliphatic carboxylic acids is 1. The molecule has 51 valence electrons. The van der Waals surface area contributed by atoms with E-state index in [1.165, 1.54) is 11.8 Å². The number of rotatable bonds is 1. The summed E-state index contributed by atoms with van der Waals surface area (Å²) < 4.78 is 0. The Hall–Kier alpha value is 0.490. The van der Waals surface area contributed by atoms with E-state index in [0.29, 0.717) is 5.75 Å². The van der Waals surface area contributed by atoms with Gasteiger partial charge in [-0.2, -0.15) is 0 Å². The van der Waals surface area contributed by atoms with E-state index in [0.717, 1.165) is 5.04 Å². The van der Waals surface area contributed by atoms with Gasteiger partial charge in [0.15, 0.2) is 6.04 Å². The van der Waals surface area contributed by atoms with Crippen LogP contribution >= 0.6 is 11.8 Å². The molecule has 0 bridgehead atoms. The normalized spacial score (nSPS) is 23.3. The third kappa shape index (κ3) is 2.62. The third-order valence-corrected chi connectivity index (χ3v) is 2.08. The molecular formula is C5H7NNaO2S. The Labute approximate surface area is 85.6 Å². The molecule has 1 radical (unpaired) electrons. The van der Waals surface area contributed by atoms with Gasteiger partial charge in [0.1, 0.15) is 0 Å². The Morgan fingerprint density at radius 3 is 2.70 bits per heavy atom. The molecule has 0 saturated carbocycles. The molecule has 0 aliphatic carbocycles. The van der Waals surface area contributed by atoms with E-state index in [1.54, 1.807) is 0 Å². The van der Waals surface area contributed by atoms with Crippen LogP contribution in [0.2, 0.25) is 0 Å². The zero-order valence-corrected chi connectivity index (χ0v) is 8.81. The van der Waals surface area contributed by atoms with Crippen LogP contribution in [0.15, 0.2) is 4.99 Å². The van der Waals surface area contributed by atoms with E-state index in [1.807, 2.05) is 6.92 Å². The van der Waals surface area contributed by atoms with Crippen molar-refractivity contribution in [2.45, 2.75) is 13.0 Å². The molecule has 1 N–H and O–H groups in total. The van der Waals surface area contributed by atoms with Gasteiger partial charge >= 0.3 is 5.97 Å². The molecule has 0 aromatic heterocycles. The maximum atomic E-state index is 10.2. The third-order valence-electron chi connectivity index (χ3n) is 1.07. The molecule has 0 saturated heterocycles. The average molecular weight is 168 g/mol. The summed E-state index contributed by atoms with van der Waals surface area (Å²) in [7, 11) is 0. The molecule has 3 nitrogen and oxygen atoms in total. The van der Waals surface area contributed by atoms with Crippen molar-refractivity contribution in [2.24, 2.45) is 4.99 Å². The number of hydrogen-bond donors (Lipinski definition) is 1. The predicted octanol–water partition coefficient (Wildman–Crippen LogP) is 0.224. The van der Waals surface area contributed by atoms with Gasteiger partial charge in [-0.25, -0.2) is 4.79 Å². The summed E-state index contributed by atoms with van der Waals surface area (Å²) in [4.78, 5) is 14.1. The molecule has 0 fully saturated rings. The second-order valence-electron chi connectivity index (χ2n) is 1.81. The van der Waals surface area contributed by atoms with Crippen LogP contribution in [0.25, 0.3) is 0 Å². The van der Waals surface area contributed by atoms with Gasteiger partial charge < -0.3 is 5.11 Å². The van der Waals surface area contributed by atoms with Gasteiger partial charge in [-0.3, -0.25) is 4.99 Å². The molecule has 5 heteroatoms. The number of carboxylic acids is 1. The predicted molar refractivity (Wildman–Crippen MR) is 42.7 cm³/mol. The molecule has 1 aliphatic heterocycles. The fraction of sp³-hybridized carbons (Fsp3) is 0.600. The van der Waals surface area contributed by atoms with E-state index in [-0.39, 0.29) is 29.6 Å². The first-order valence-electron chi connectivity index (χ1n) is 2.60. The monoisotopic (exact) mass is 168 g/mol. The minimum atomic E-state index is -0.820. The summed E-state index contributed by atoms with van der Waals surface area (Å²) in [5.74, 6) is -0.222. The molecule has 1 aliphatic rings. The van der Waals surface area contributed by atoms with Gasteiger partial charge in [0.05, 0.1) is 5.04 Å². The zero-order chi connectivity index (χ0) is 6.85. The SMILES string of the molecule is CC1=NC(C(=O)O)CS1.[Na]. The van der Waals surface area contributed by atoms with Gasteiger partial charge in [-0.05, 0) is 6.92 Å². The molecule has 1 atom stereocenters. The first kappa shape index (κ1) is 10.5. The second kappa shape index (κ2) is 4.38. The molecule has 0 aromatic carbocycles. The number of carboxylic acid groups (broad SMARTS) is 1. The fourth-order valence-electron chi connectivity index (χ4n) is 0.620. The van der Waals surface area contributed by atoms with E-state index in [9.17, 15) is 4.79 Å². The standard InChI is InChI=1S/C5H7NO2S.Na/c1-3-6-4(2-9-3)5(7)8;/h4H,2H2,1H3,(H,7,8);. The van der Waals surface area contributed by atoms with Crippen molar-refractivity contribution in [3.8, 4) is 0 Å². The molecule has 1 unspecified atom stereocenters. The molecule has 0 spiro atoms. The van der Waals surface area contributed by atoms with E-state index >= 15 is 0 Å². The largest absolute Gasteiger partial charge is 0.480 e. The smallest absolute Gasteiger partial charge is 0.329 e. The summed E-state index contributed by atoms with van der Waals surface area (Å²) >= 11 is 1.50. The summed E-state index contributed by atoms with van der Waals surface area (Å²) in [6, 6.07) is -0.491. The van der Waals surface area contributed by atoms with E-state index < -0.39 is 12.0 Å². The summed E-state index contributed by atoms with van der Waals surface area (Å²) in [6.07, 6.45) is 0. The molecule has 0 amide bonds. The van der Waals surface area contributed by atoms with Crippen molar-refractivity contribution in [1.82, 2.24) is 0 Å². The number of aliphatic imine (C=N–C) groups is 1. The first-order valence-corrected chi connectivity index (χ1v) is 3.58. The summed E-state index contributed by atoms with van der Waals surface area (Å²) in [5, 5.41) is 9.29. The topological polar surface area (TPSA) is 49.7 Å². The van der Waals surface area contributed by atoms with Crippen LogP contribution in [0.1, 0.15) is 6.92 Å². The van der Waals surface area contributed by atoms with Gasteiger partial charge in [0.25, 0.3) is 0 Å². The first-order chi connectivity index (χ1) is 4.20. The second-order valence-corrected chi connectivity index (χ2v) is 3.03. The maximum Gasteiger partial charge on any atom is 0.329 e. The number of hydrogen-bond acceptors (Lipinski definition) is 3. The van der Waals surface area contributed by atoms with Crippen molar-refractivity contribution in [3.05, 3.63) is 0 Å². The molecule has 0 aromatic rings. The molecule has 10 heavy (non-hydrogen) atoms. The van der Waals surface area contributed by atoms with Gasteiger partial charge in [-0.15, -0.1) is 11.8 Å². The number of nitrogens with zero attached hydrogens (tertiary/aromatic N) is 1. The number of carbonyl (C=O) groups is 1. The average Bonchev–Trinajstić information content (AvgIpc) is 2.14. The zero-order valence-electron chi connectivity index (χ0n) is 6.00. The summed E-state index contributed by atoms with van der Waals surface area (Å²) in [6.45, 7) is 1.83.